The standard InChI is InChI=1S/C16H26ClN3O/c1-18-16(19-10-5-4-6-11-21-3)20(2)13-14-8-7-9-15(17)12-14/h7-9,12H,4-6,10-11,13H2,1-3H3,(H,18,19). The summed E-state index contributed by atoms with van der Waals surface area (Å²) in [7, 11) is 5.58. The molecule has 0 spiro atoms. The first kappa shape index (κ1) is 17.8. The van der Waals surface area contributed by atoms with Gasteiger partial charge < -0.3 is 15.0 Å². The number of methoxy groups -OCH3 is 1. The van der Waals surface area contributed by atoms with Gasteiger partial charge >= 0.3 is 0 Å². The molecule has 1 N–H and O–H groups in total. The maximum Gasteiger partial charge on any atom is 0.193 e. The van der Waals surface area contributed by atoms with Crippen molar-refractivity contribution in [2.24, 2.45) is 4.99 Å². The highest BCUT2D eigenvalue weighted by Crippen LogP contribution is 2.12. The van der Waals surface area contributed by atoms with E-state index in [0.717, 1.165) is 49.9 Å². The highest BCUT2D eigenvalue weighted by atomic mass is 35.5. The van der Waals surface area contributed by atoms with Gasteiger partial charge in [-0.3, -0.25) is 4.99 Å². The molecule has 0 aliphatic rings. The van der Waals surface area contributed by atoms with E-state index < -0.39 is 0 Å². The number of hydrogen-bond donors (Lipinski definition) is 1. The summed E-state index contributed by atoms with van der Waals surface area (Å²) in [5.41, 5.74) is 1.17. The Hall–Kier alpha value is -1.26. The number of halogens is 1. The summed E-state index contributed by atoms with van der Waals surface area (Å²) in [6, 6.07) is 7.91. The van der Waals surface area contributed by atoms with E-state index in [0.29, 0.717) is 0 Å². The smallest absolute Gasteiger partial charge is 0.193 e. The van der Waals surface area contributed by atoms with Crippen LogP contribution >= 0.6 is 11.6 Å². The van der Waals surface area contributed by atoms with E-state index in [2.05, 4.69) is 21.3 Å². The summed E-state index contributed by atoms with van der Waals surface area (Å²) >= 11 is 6.01. The second kappa shape index (κ2) is 10.5. The molecule has 1 aromatic rings. The summed E-state index contributed by atoms with van der Waals surface area (Å²) in [4.78, 5) is 6.41. The second-order valence-electron chi connectivity index (χ2n) is 5.01. The van der Waals surface area contributed by atoms with Crippen LogP contribution in [0.4, 0.5) is 0 Å². The van der Waals surface area contributed by atoms with E-state index in [1.807, 2.05) is 32.3 Å². The van der Waals surface area contributed by atoms with Gasteiger partial charge in [0, 0.05) is 45.9 Å². The number of aliphatic imine (C=N–C) groups is 1. The van der Waals surface area contributed by atoms with Crippen molar-refractivity contribution in [1.29, 1.82) is 0 Å². The Kier molecular flexibility index (Phi) is 8.87. The van der Waals surface area contributed by atoms with Crippen LogP contribution in [0.3, 0.4) is 0 Å². The summed E-state index contributed by atoms with van der Waals surface area (Å²) < 4.78 is 5.04. The van der Waals surface area contributed by atoms with Crippen molar-refractivity contribution in [3.8, 4) is 0 Å². The van der Waals surface area contributed by atoms with Crippen molar-refractivity contribution in [3.63, 3.8) is 0 Å². The van der Waals surface area contributed by atoms with Crippen molar-refractivity contribution < 1.29 is 4.74 Å². The Balaban J connectivity index is 2.34. The van der Waals surface area contributed by atoms with Gasteiger partial charge in [-0.15, -0.1) is 0 Å². The predicted molar refractivity (Wildman–Crippen MR) is 90.0 cm³/mol. The first-order valence-corrected chi connectivity index (χ1v) is 7.70. The van der Waals surface area contributed by atoms with Gasteiger partial charge in [-0.25, -0.2) is 0 Å². The molecule has 1 rings (SSSR count). The fourth-order valence-corrected chi connectivity index (χ4v) is 2.33. The molecule has 0 aromatic heterocycles. The van der Waals surface area contributed by atoms with Gasteiger partial charge in [-0.2, -0.15) is 0 Å². The molecule has 0 radical (unpaired) electrons. The Labute approximate surface area is 133 Å². The lowest BCUT2D eigenvalue weighted by atomic mass is 10.2. The minimum Gasteiger partial charge on any atom is -0.385 e. The third kappa shape index (κ3) is 7.34. The zero-order chi connectivity index (χ0) is 15.5. The number of nitrogens with one attached hydrogen (secondary N) is 1. The molecule has 21 heavy (non-hydrogen) atoms. The average molecular weight is 312 g/mol. The molecule has 0 unspecified atom stereocenters. The van der Waals surface area contributed by atoms with E-state index in [1.54, 1.807) is 7.11 Å². The number of hydrogen-bond acceptors (Lipinski definition) is 2. The predicted octanol–water partition coefficient (Wildman–Crippen LogP) is 3.16. The molecule has 4 nitrogen and oxygen atoms in total. The van der Waals surface area contributed by atoms with E-state index in [4.69, 9.17) is 16.3 Å². The van der Waals surface area contributed by atoms with Crippen LogP contribution in [0.5, 0.6) is 0 Å². The van der Waals surface area contributed by atoms with Crippen molar-refractivity contribution in [3.05, 3.63) is 34.9 Å². The second-order valence-corrected chi connectivity index (χ2v) is 5.45. The molecule has 0 bridgehead atoms. The fourth-order valence-electron chi connectivity index (χ4n) is 2.12. The van der Waals surface area contributed by atoms with Gasteiger partial charge in [0.15, 0.2) is 5.96 Å². The van der Waals surface area contributed by atoms with Gasteiger partial charge in [0.05, 0.1) is 0 Å². The Morgan fingerprint density at radius 2 is 2.14 bits per heavy atom. The number of rotatable bonds is 8. The average Bonchev–Trinajstić information content (AvgIpc) is 2.46. The van der Waals surface area contributed by atoms with Crippen molar-refractivity contribution in [1.82, 2.24) is 10.2 Å². The van der Waals surface area contributed by atoms with Crippen LogP contribution in [0, 0.1) is 0 Å². The van der Waals surface area contributed by atoms with Gasteiger partial charge in [0.1, 0.15) is 0 Å². The maximum absolute atomic E-state index is 6.01. The minimum atomic E-state index is 0.766. The van der Waals surface area contributed by atoms with Crippen molar-refractivity contribution in [2.75, 3.05) is 34.4 Å². The topological polar surface area (TPSA) is 36.9 Å². The lowest BCUT2D eigenvalue weighted by molar-refractivity contribution is 0.192. The van der Waals surface area contributed by atoms with Gasteiger partial charge in [0.25, 0.3) is 0 Å². The summed E-state index contributed by atoms with van der Waals surface area (Å²) in [5, 5.41) is 4.15. The van der Waals surface area contributed by atoms with E-state index in [-0.39, 0.29) is 0 Å². The molecule has 0 saturated carbocycles. The Morgan fingerprint density at radius 1 is 1.33 bits per heavy atom. The molecule has 5 heteroatoms. The normalized spacial score (nSPS) is 11.5. The van der Waals surface area contributed by atoms with Crippen LogP contribution in [0.1, 0.15) is 24.8 Å². The van der Waals surface area contributed by atoms with Crippen molar-refractivity contribution >= 4 is 17.6 Å². The lowest BCUT2D eigenvalue weighted by Gasteiger charge is -2.22. The molecule has 0 atom stereocenters. The molecule has 0 fully saturated rings. The lowest BCUT2D eigenvalue weighted by Crippen LogP contribution is -2.38. The van der Waals surface area contributed by atoms with E-state index >= 15 is 0 Å². The zero-order valence-electron chi connectivity index (χ0n) is 13.2. The third-order valence-corrected chi connectivity index (χ3v) is 3.43. The van der Waals surface area contributed by atoms with Crippen LogP contribution in [-0.2, 0) is 11.3 Å². The number of ether oxygens (including phenoxy) is 1. The summed E-state index contributed by atoms with van der Waals surface area (Å²) in [6.45, 7) is 2.55. The summed E-state index contributed by atoms with van der Waals surface area (Å²) in [5.74, 6) is 0.904. The Morgan fingerprint density at radius 3 is 2.81 bits per heavy atom. The van der Waals surface area contributed by atoms with Gasteiger partial charge in [-0.05, 0) is 37.0 Å². The maximum atomic E-state index is 6.01. The largest absolute Gasteiger partial charge is 0.385 e. The van der Waals surface area contributed by atoms with Gasteiger partial charge in [0.2, 0.25) is 0 Å². The van der Waals surface area contributed by atoms with Gasteiger partial charge in [-0.1, -0.05) is 23.7 Å². The number of nitrogens with zero attached hydrogens (tertiary/aromatic N) is 2. The molecule has 0 aliphatic carbocycles. The molecule has 118 valence electrons. The molecule has 0 aliphatic heterocycles. The highest BCUT2D eigenvalue weighted by molar-refractivity contribution is 6.30. The monoisotopic (exact) mass is 311 g/mol. The third-order valence-electron chi connectivity index (χ3n) is 3.19. The minimum absolute atomic E-state index is 0.766. The van der Waals surface area contributed by atoms with Crippen LogP contribution in [0.25, 0.3) is 0 Å². The summed E-state index contributed by atoms with van der Waals surface area (Å²) in [6.07, 6.45) is 3.39. The van der Waals surface area contributed by atoms with Crippen LogP contribution in [-0.4, -0.2) is 45.2 Å². The van der Waals surface area contributed by atoms with Crippen LogP contribution in [0.15, 0.2) is 29.3 Å². The van der Waals surface area contributed by atoms with Crippen LogP contribution < -0.4 is 5.32 Å². The molecule has 0 amide bonds. The van der Waals surface area contributed by atoms with Crippen LogP contribution in [0.2, 0.25) is 5.02 Å². The van der Waals surface area contributed by atoms with E-state index in [9.17, 15) is 0 Å². The number of benzene rings is 1. The highest BCUT2D eigenvalue weighted by Gasteiger charge is 2.06. The first-order chi connectivity index (χ1) is 10.2. The molecule has 1 aromatic carbocycles. The van der Waals surface area contributed by atoms with E-state index in [1.165, 1.54) is 5.56 Å². The molecular formula is C16H26ClN3O. The quantitative estimate of drug-likeness (QED) is 0.455. The molecular weight excluding hydrogens is 286 g/mol. The Bertz CT molecular complexity index is 437. The number of guanidine groups is 1. The molecule has 0 heterocycles. The number of unbranched alkanes of at least 4 members (excludes halogenated alkanes) is 2. The SMILES string of the molecule is CN=C(NCCCCCOC)N(C)Cc1cccc(Cl)c1. The van der Waals surface area contributed by atoms with Crippen molar-refractivity contribution in [2.45, 2.75) is 25.8 Å². The zero-order valence-corrected chi connectivity index (χ0v) is 14.0. The first-order valence-electron chi connectivity index (χ1n) is 7.32. The molecule has 0 saturated heterocycles. The fraction of sp³-hybridized carbons (Fsp3) is 0.562.